The molecule has 4 heteroatoms. The van der Waals surface area contributed by atoms with E-state index in [0.29, 0.717) is 19.3 Å². The van der Waals surface area contributed by atoms with Gasteiger partial charge >= 0.3 is 5.97 Å². The second-order valence-electron chi connectivity index (χ2n) is 3.58. The van der Waals surface area contributed by atoms with Gasteiger partial charge in [-0.3, -0.25) is 0 Å². The van der Waals surface area contributed by atoms with Gasteiger partial charge in [-0.25, -0.2) is 4.79 Å². The highest BCUT2D eigenvalue weighted by molar-refractivity contribution is 5.86. The van der Waals surface area contributed by atoms with Crippen molar-refractivity contribution in [1.82, 2.24) is 0 Å². The first-order valence-electron chi connectivity index (χ1n) is 4.79. The molecule has 0 amide bonds. The van der Waals surface area contributed by atoms with Crippen LogP contribution in [0.1, 0.15) is 19.3 Å². The number of carbonyl (C=O) groups is 1. The maximum absolute atomic E-state index is 10.7. The Bertz CT molecular complexity index is 220. The molecule has 1 aliphatic rings. The number of carboxylic acids is 1. The van der Waals surface area contributed by atoms with Gasteiger partial charge in [0, 0.05) is 12.2 Å². The Kier molecular flexibility index (Phi) is 4.10. The molecule has 1 saturated heterocycles. The Labute approximate surface area is 83.2 Å². The van der Waals surface area contributed by atoms with E-state index in [1.54, 1.807) is 0 Å². The van der Waals surface area contributed by atoms with E-state index in [-0.39, 0.29) is 24.2 Å². The van der Waals surface area contributed by atoms with E-state index in [1.165, 1.54) is 0 Å². The van der Waals surface area contributed by atoms with Crippen molar-refractivity contribution in [2.75, 3.05) is 13.2 Å². The van der Waals surface area contributed by atoms with E-state index in [2.05, 4.69) is 6.58 Å². The normalized spacial score (nSPS) is 21.6. The van der Waals surface area contributed by atoms with Gasteiger partial charge in [0.25, 0.3) is 0 Å². The minimum atomic E-state index is -0.950. The zero-order valence-corrected chi connectivity index (χ0v) is 8.11. The third kappa shape index (κ3) is 3.47. The molecule has 0 spiro atoms. The lowest BCUT2D eigenvalue weighted by Gasteiger charge is -2.14. The van der Waals surface area contributed by atoms with Crippen LogP contribution in [0, 0.1) is 5.92 Å². The van der Waals surface area contributed by atoms with Gasteiger partial charge in [0.05, 0.1) is 12.7 Å². The lowest BCUT2D eigenvalue weighted by Crippen LogP contribution is -2.14. The molecule has 4 nitrogen and oxygen atoms in total. The Morgan fingerprint density at radius 2 is 2.29 bits per heavy atom. The van der Waals surface area contributed by atoms with Crippen LogP contribution in [-0.2, 0) is 9.53 Å². The number of aliphatic carboxylic acids is 1. The first-order valence-corrected chi connectivity index (χ1v) is 4.79. The predicted molar refractivity (Wildman–Crippen MR) is 50.9 cm³/mol. The van der Waals surface area contributed by atoms with Crippen LogP contribution in [0.5, 0.6) is 0 Å². The van der Waals surface area contributed by atoms with E-state index in [0.717, 1.165) is 6.61 Å². The standard InChI is InChI=1S/C10H16O4/c1-7(10(12)13)8(3-2-4-11)5-9-6-14-9/h8-9,11H,1-6H2,(H,12,13). The number of carboxylic acid groups (broad SMARTS) is 1. The highest BCUT2D eigenvalue weighted by Gasteiger charge is 2.29. The number of ether oxygens (including phenoxy) is 1. The maximum atomic E-state index is 10.7. The Hall–Kier alpha value is -0.870. The van der Waals surface area contributed by atoms with Gasteiger partial charge in [-0.1, -0.05) is 6.58 Å². The summed E-state index contributed by atoms with van der Waals surface area (Å²) < 4.78 is 5.05. The topological polar surface area (TPSA) is 70.1 Å². The van der Waals surface area contributed by atoms with Crippen LogP contribution in [0.2, 0.25) is 0 Å². The van der Waals surface area contributed by atoms with E-state index < -0.39 is 5.97 Å². The van der Waals surface area contributed by atoms with Gasteiger partial charge in [0.15, 0.2) is 0 Å². The summed E-state index contributed by atoms with van der Waals surface area (Å²) in [5, 5.41) is 17.5. The fraction of sp³-hybridized carbons (Fsp3) is 0.700. The molecule has 0 aromatic carbocycles. The monoisotopic (exact) mass is 200 g/mol. The van der Waals surface area contributed by atoms with E-state index in [9.17, 15) is 4.79 Å². The fourth-order valence-electron chi connectivity index (χ4n) is 1.47. The first-order chi connectivity index (χ1) is 6.65. The van der Waals surface area contributed by atoms with Gasteiger partial charge in [-0.2, -0.15) is 0 Å². The van der Waals surface area contributed by atoms with Crippen LogP contribution in [0.3, 0.4) is 0 Å². The van der Waals surface area contributed by atoms with Crippen molar-refractivity contribution in [3.8, 4) is 0 Å². The molecule has 0 aromatic heterocycles. The SMILES string of the molecule is C=C(C(=O)O)C(CCCO)CC1CO1. The van der Waals surface area contributed by atoms with Crippen molar-refractivity contribution >= 4 is 5.97 Å². The predicted octanol–water partition coefficient (Wildman–Crippen LogP) is 0.805. The lowest BCUT2D eigenvalue weighted by molar-refractivity contribution is -0.133. The van der Waals surface area contributed by atoms with Crippen molar-refractivity contribution in [1.29, 1.82) is 0 Å². The molecule has 80 valence electrons. The summed E-state index contributed by atoms with van der Waals surface area (Å²) in [6.45, 7) is 4.37. The van der Waals surface area contributed by atoms with E-state index >= 15 is 0 Å². The number of rotatable bonds is 7. The van der Waals surface area contributed by atoms with Crippen molar-refractivity contribution in [2.45, 2.75) is 25.4 Å². The largest absolute Gasteiger partial charge is 0.478 e. The second kappa shape index (κ2) is 5.12. The Balaban J connectivity index is 2.41. The number of aliphatic hydroxyl groups excluding tert-OH is 1. The zero-order valence-electron chi connectivity index (χ0n) is 8.11. The van der Waals surface area contributed by atoms with Crippen LogP contribution >= 0.6 is 0 Å². The maximum Gasteiger partial charge on any atom is 0.331 e. The minimum absolute atomic E-state index is 0.0628. The third-order valence-corrected chi connectivity index (χ3v) is 2.43. The average Bonchev–Trinajstić information content (AvgIpc) is 2.94. The van der Waals surface area contributed by atoms with Gasteiger partial charge in [0.1, 0.15) is 0 Å². The summed E-state index contributed by atoms with van der Waals surface area (Å²) in [5.74, 6) is -1.01. The molecule has 0 bridgehead atoms. The molecule has 2 atom stereocenters. The highest BCUT2D eigenvalue weighted by Crippen LogP contribution is 2.27. The third-order valence-electron chi connectivity index (χ3n) is 2.43. The molecule has 1 heterocycles. The zero-order chi connectivity index (χ0) is 10.6. The number of aliphatic hydroxyl groups is 1. The Morgan fingerprint density at radius 1 is 1.64 bits per heavy atom. The molecule has 0 radical (unpaired) electrons. The quantitative estimate of drug-likeness (QED) is 0.471. The van der Waals surface area contributed by atoms with Crippen molar-refractivity contribution in [3.63, 3.8) is 0 Å². The first kappa shape index (κ1) is 11.2. The summed E-state index contributed by atoms with van der Waals surface area (Å²) >= 11 is 0. The molecule has 0 aromatic rings. The average molecular weight is 200 g/mol. The molecule has 1 fully saturated rings. The smallest absolute Gasteiger partial charge is 0.331 e. The van der Waals surface area contributed by atoms with Gasteiger partial charge in [-0.15, -0.1) is 0 Å². The van der Waals surface area contributed by atoms with Crippen molar-refractivity contribution in [2.24, 2.45) is 5.92 Å². The molecule has 0 aliphatic carbocycles. The molecule has 2 N–H and O–H groups in total. The molecular weight excluding hydrogens is 184 g/mol. The fourth-order valence-corrected chi connectivity index (χ4v) is 1.47. The molecular formula is C10H16O4. The summed E-state index contributed by atoms with van der Waals surface area (Å²) in [6.07, 6.45) is 2.20. The minimum Gasteiger partial charge on any atom is -0.478 e. The summed E-state index contributed by atoms with van der Waals surface area (Å²) in [4.78, 5) is 10.7. The van der Waals surface area contributed by atoms with Crippen LogP contribution in [-0.4, -0.2) is 35.5 Å². The molecule has 0 saturated carbocycles. The van der Waals surface area contributed by atoms with Crippen LogP contribution in [0.25, 0.3) is 0 Å². The number of hydrogen-bond acceptors (Lipinski definition) is 3. The molecule has 1 rings (SSSR count). The van der Waals surface area contributed by atoms with Crippen LogP contribution in [0.15, 0.2) is 12.2 Å². The second-order valence-corrected chi connectivity index (χ2v) is 3.58. The van der Waals surface area contributed by atoms with Crippen LogP contribution < -0.4 is 0 Å². The Morgan fingerprint density at radius 3 is 2.71 bits per heavy atom. The molecule has 1 aliphatic heterocycles. The highest BCUT2D eigenvalue weighted by atomic mass is 16.6. The van der Waals surface area contributed by atoms with Crippen molar-refractivity contribution < 1.29 is 19.7 Å². The van der Waals surface area contributed by atoms with Gasteiger partial charge in [-0.05, 0) is 25.2 Å². The number of hydrogen-bond donors (Lipinski definition) is 2. The molecule has 2 unspecified atom stereocenters. The van der Waals surface area contributed by atoms with E-state index in [1.807, 2.05) is 0 Å². The summed E-state index contributed by atoms with van der Waals surface area (Å²) in [5.41, 5.74) is 0.231. The number of epoxide rings is 1. The van der Waals surface area contributed by atoms with Crippen LogP contribution in [0.4, 0.5) is 0 Å². The van der Waals surface area contributed by atoms with Gasteiger partial charge < -0.3 is 14.9 Å². The van der Waals surface area contributed by atoms with Gasteiger partial charge in [0.2, 0.25) is 0 Å². The van der Waals surface area contributed by atoms with Crippen molar-refractivity contribution in [3.05, 3.63) is 12.2 Å². The molecule has 14 heavy (non-hydrogen) atoms. The lowest BCUT2D eigenvalue weighted by atomic mass is 9.91. The summed E-state index contributed by atoms with van der Waals surface area (Å²) in [6, 6.07) is 0. The van der Waals surface area contributed by atoms with E-state index in [4.69, 9.17) is 14.9 Å². The summed E-state index contributed by atoms with van der Waals surface area (Å²) in [7, 11) is 0.